The first-order valence-corrected chi connectivity index (χ1v) is 5.46. The Morgan fingerprint density at radius 1 is 1.36 bits per heavy atom. The Bertz CT molecular complexity index is 183. The molecule has 3 N–H and O–H groups in total. The number of nitrogens with two attached hydrogens (primary N) is 1. The van der Waals surface area contributed by atoms with Crippen LogP contribution in [0.1, 0.15) is 33.1 Å². The van der Waals surface area contributed by atoms with E-state index in [0.717, 1.165) is 0 Å². The summed E-state index contributed by atoms with van der Waals surface area (Å²) < 4.78 is 0. The standard InChI is InChI=1S/C11H23N3/c1-4-10(13-12)11(2,3)14-8-6-5-7-9-14/h4,10,13H,1,5-9,12H2,2-3H3. The molecule has 1 atom stereocenters. The van der Waals surface area contributed by atoms with Crippen molar-refractivity contribution in [2.75, 3.05) is 13.1 Å². The molecule has 1 aliphatic heterocycles. The predicted octanol–water partition coefficient (Wildman–Crippen LogP) is 1.27. The zero-order chi connectivity index (χ0) is 10.6. The molecule has 82 valence electrons. The molecule has 0 spiro atoms. The van der Waals surface area contributed by atoms with E-state index in [1.165, 1.54) is 32.4 Å². The summed E-state index contributed by atoms with van der Waals surface area (Å²) in [5, 5.41) is 0. The van der Waals surface area contributed by atoms with E-state index in [2.05, 4.69) is 30.8 Å². The maximum absolute atomic E-state index is 5.53. The molecular formula is C11H23N3. The van der Waals surface area contributed by atoms with Crippen LogP contribution in [0.3, 0.4) is 0 Å². The number of likely N-dealkylation sites (tertiary alicyclic amines) is 1. The molecule has 0 aromatic heterocycles. The van der Waals surface area contributed by atoms with Gasteiger partial charge in [-0.1, -0.05) is 12.5 Å². The smallest absolute Gasteiger partial charge is 0.0566 e. The van der Waals surface area contributed by atoms with E-state index in [0.29, 0.717) is 0 Å². The Morgan fingerprint density at radius 2 is 1.93 bits per heavy atom. The van der Waals surface area contributed by atoms with E-state index < -0.39 is 0 Å². The van der Waals surface area contributed by atoms with Crippen molar-refractivity contribution in [1.29, 1.82) is 0 Å². The highest BCUT2D eigenvalue weighted by Gasteiger charge is 2.33. The largest absolute Gasteiger partial charge is 0.296 e. The molecule has 0 amide bonds. The highest BCUT2D eigenvalue weighted by Crippen LogP contribution is 2.23. The minimum atomic E-state index is 0.0664. The lowest BCUT2D eigenvalue weighted by Gasteiger charge is -2.44. The number of nitrogens with one attached hydrogen (secondary N) is 1. The summed E-state index contributed by atoms with van der Waals surface area (Å²) in [6.07, 6.45) is 5.87. The summed E-state index contributed by atoms with van der Waals surface area (Å²) in [4.78, 5) is 2.50. The quantitative estimate of drug-likeness (QED) is 0.405. The third-order valence-electron chi connectivity index (χ3n) is 3.35. The van der Waals surface area contributed by atoms with Crippen LogP contribution in [0.15, 0.2) is 12.7 Å². The molecule has 1 unspecified atom stereocenters. The fraction of sp³-hybridized carbons (Fsp3) is 0.818. The molecule has 0 bridgehead atoms. The number of piperidine rings is 1. The molecular weight excluding hydrogens is 174 g/mol. The highest BCUT2D eigenvalue weighted by atomic mass is 15.3. The Morgan fingerprint density at radius 3 is 2.36 bits per heavy atom. The van der Waals surface area contributed by atoms with Crippen LogP contribution in [0.4, 0.5) is 0 Å². The molecule has 1 rings (SSSR count). The van der Waals surface area contributed by atoms with Crippen molar-refractivity contribution in [2.45, 2.75) is 44.7 Å². The minimum absolute atomic E-state index is 0.0664. The summed E-state index contributed by atoms with van der Waals surface area (Å²) in [5.74, 6) is 5.53. The number of hydrazine groups is 1. The first-order chi connectivity index (χ1) is 6.62. The second-order valence-corrected chi connectivity index (χ2v) is 4.58. The SMILES string of the molecule is C=CC(NN)C(C)(C)N1CCCCC1. The maximum atomic E-state index is 5.53. The number of hydrogen-bond acceptors (Lipinski definition) is 3. The van der Waals surface area contributed by atoms with Crippen LogP contribution in [-0.4, -0.2) is 29.6 Å². The van der Waals surface area contributed by atoms with Crippen molar-refractivity contribution in [3.63, 3.8) is 0 Å². The van der Waals surface area contributed by atoms with Crippen molar-refractivity contribution < 1.29 is 0 Å². The van der Waals surface area contributed by atoms with Crippen LogP contribution in [0.5, 0.6) is 0 Å². The summed E-state index contributed by atoms with van der Waals surface area (Å²) in [7, 11) is 0. The van der Waals surface area contributed by atoms with Gasteiger partial charge < -0.3 is 0 Å². The lowest BCUT2D eigenvalue weighted by Crippen LogP contribution is -2.59. The van der Waals surface area contributed by atoms with Crippen molar-refractivity contribution in [3.05, 3.63) is 12.7 Å². The van der Waals surface area contributed by atoms with Gasteiger partial charge in [-0.15, -0.1) is 6.58 Å². The molecule has 1 heterocycles. The van der Waals surface area contributed by atoms with Crippen LogP contribution < -0.4 is 11.3 Å². The van der Waals surface area contributed by atoms with E-state index in [4.69, 9.17) is 5.84 Å². The molecule has 0 aliphatic carbocycles. The van der Waals surface area contributed by atoms with Crippen molar-refractivity contribution in [2.24, 2.45) is 5.84 Å². The van der Waals surface area contributed by atoms with Gasteiger partial charge in [-0.25, -0.2) is 0 Å². The zero-order valence-electron chi connectivity index (χ0n) is 9.42. The van der Waals surface area contributed by atoms with E-state index in [9.17, 15) is 0 Å². The van der Waals surface area contributed by atoms with Crippen LogP contribution in [0.25, 0.3) is 0 Å². The normalized spacial score (nSPS) is 21.9. The third kappa shape index (κ3) is 2.35. The Labute approximate surface area is 87.3 Å². The molecule has 0 aromatic carbocycles. The van der Waals surface area contributed by atoms with Crippen LogP contribution in [-0.2, 0) is 0 Å². The van der Waals surface area contributed by atoms with E-state index >= 15 is 0 Å². The third-order valence-corrected chi connectivity index (χ3v) is 3.35. The fourth-order valence-corrected chi connectivity index (χ4v) is 2.23. The molecule has 14 heavy (non-hydrogen) atoms. The fourth-order valence-electron chi connectivity index (χ4n) is 2.23. The van der Waals surface area contributed by atoms with Gasteiger partial charge in [0.25, 0.3) is 0 Å². The molecule has 1 saturated heterocycles. The van der Waals surface area contributed by atoms with Gasteiger partial charge in [0.1, 0.15) is 0 Å². The number of hydrogen-bond donors (Lipinski definition) is 2. The summed E-state index contributed by atoms with van der Waals surface area (Å²) in [6.45, 7) is 10.6. The molecule has 1 aliphatic rings. The Kier molecular flexibility index (Phi) is 4.11. The van der Waals surface area contributed by atoms with Gasteiger partial charge in [0, 0.05) is 5.54 Å². The first kappa shape index (κ1) is 11.7. The molecule has 3 nitrogen and oxygen atoms in total. The zero-order valence-corrected chi connectivity index (χ0v) is 9.42. The topological polar surface area (TPSA) is 41.3 Å². The van der Waals surface area contributed by atoms with Gasteiger partial charge in [-0.2, -0.15) is 0 Å². The Balaban J connectivity index is 2.65. The van der Waals surface area contributed by atoms with Gasteiger partial charge in [0.2, 0.25) is 0 Å². The number of rotatable bonds is 4. The second kappa shape index (κ2) is 4.91. The highest BCUT2D eigenvalue weighted by molar-refractivity contribution is 5.02. The van der Waals surface area contributed by atoms with E-state index in [1.807, 2.05) is 6.08 Å². The van der Waals surface area contributed by atoms with Gasteiger partial charge in [0.15, 0.2) is 0 Å². The van der Waals surface area contributed by atoms with Gasteiger partial charge in [-0.05, 0) is 39.8 Å². The minimum Gasteiger partial charge on any atom is -0.296 e. The van der Waals surface area contributed by atoms with E-state index in [-0.39, 0.29) is 11.6 Å². The second-order valence-electron chi connectivity index (χ2n) is 4.58. The van der Waals surface area contributed by atoms with E-state index in [1.54, 1.807) is 0 Å². The molecule has 0 saturated carbocycles. The summed E-state index contributed by atoms with van der Waals surface area (Å²) in [5.41, 5.74) is 2.90. The first-order valence-electron chi connectivity index (χ1n) is 5.46. The number of nitrogens with zero attached hydrogens (tertiary/aromatic N) is 1. The predicted molar refractivity (Wildman–Crippen MR) is 60.8 cm³/mol. The molecule has 0 radical (unpaired) electrons. The molecule has 0 aromatic rings. The Hall–Kier alpha value is -0.380. The van der Waals surface area contributed by atoms with Crippen LogP contribution >= 0.6 is 0 Å². The van der Waals surface area contributed by atoms with Crippen molar-refractivity contribution in [1.82, 2.24) is 10.3 Å². The van der Waals surface area contributed by atoms with Crippen LogP contribution in [0, 0.1) is 0 Å². The lowest BCUT2D eigenvalue weighted by atomic mass is 9.90. The van der Waals surface area contributed by atoms with Crippen LogP contribution in [0.2, 0.25) is 0 Å². The van der Waals surface area contributed by atoms with Gasteiger partial charge in [-0.3, -0.25) is 16.2 Å². The van der Waals surface area contributed by atoms with Gasteiger partial charge >= 0.3 is 0 Å². The monoisotopic (exact) mass is 197 g/mol. The van der Waals surface area contributed by atoms with Gasteiger partial charge in [0.05, 0.1) is 6.04 Å². The maximum Gasteiger partial charge on any atom is 0.0566 e. The summed E-state index contributed by atoms with van der Waals surface area (Å²) >= 11 is 0. The summed E-state index contributed by atoms with van der Waals surface area (Å²) in [6, 6.07) is 0.153. The van der Waals surface area contributed by atoms with Crippen molar-refractivity contribution >= 4 is 0 Å². The van der Waals surface area contributed by atoms with Crippen molar-refractivity contribution in [3.8, 4) is 0 Å². The average Bonchev–Trinajstić information content (AvgIpc) is 2.20. The lowest BCUT2D eigenvalue weighted by molar-refractivity contribution is 0.0750. The molecule has 1 fully saturated rings. The molecule has 3 heteroatoms. The average molecular weight is 197 g/mol.